The van der Waals surface area contributed by atoms with Crippen molar-refractivity contribution in [2.75, 3.05) is 31.1 Å². The van der Waals surface area contributed by atoms with Crippen LogP contribution in [0.3, 0.4) is 0 Å². The molecule has 0 radical (unpaired) electrons. The number of alkyl halides is 6. The van der Waals surface area contributed by atoms with Crippen molar-refractivity contribution >= 4 is 23.8 Å². The molecule has 0 aromatic carbocycles. The van der Waals surface area contributed by atoms with Crippen molar-refractivity contribution in [1.82, 2.24) is 19.9 Å². The Morgan fingerprint density at radius 2 is 1.30 bits per heavy atom. The van der Waals surface area contributed by atoms with Crippen LogP contribution in [0.15, 0.2) is 36.7 Å². The number of carbonyl (C=O) groups excluding carboxylic acids is 1. The topological polar surface area (TPSA) is 137 Å². The van der Waals surface area contributed by atoms with Gasteiger partial charge in [0.2, 0.25) is 5.95 Å². The Hall–Kier alpha value is -3.98. The van der Waals surface area contributed by atoms with Gasteiger partial charge in [0.15, 0.2) is 0 Å². The fourth-order valence-electron chi connectivity index (χ4n) is 3.60. The molecule has 0 spiro atoms. The highest BCUT2D eigenvalue weighted by atomic mass is 19.4. The van der Waals surface area contributed by atoms with Crippen molar-refractivity contribution in [1.29, 1.82) is 0 Å². The van der Waals surface area contributed by atoms with Gasteiger partial charge >= 0.3 is 24.3 Å². The summed E-state index contributed by atoms with van der Waals surface area (Å²) >= 11 is 0. The summed E-state index contributed by atoms with van der Waals surface area (Å²) in [5.74, 6) is -3.69. The summed E-state index contributed by atoms with van der Waals surface area (Å²) in [5.41, 5.74) is 1.43. The Balaban J connectivity index is 0.000000286. The minimum atomic E-state index is -5.08. The van der Waals surface area contributed by atoms with Gasteiger partial charge in [-0.1, -0.05) is 6.07 Å². The first kappa shape index (κ1) is 29.3. The number of rotatable bonds is 2. The summed E-state index contributed by atoms with van der Waals surface area (Å²) in [4.78, 5) is 47.6. The lowest BCUT2D eigenvalue weighted by Crippen LogP contribution is -2.34. The third-order valence-electron chi connectivity index (χ3n) is 5.20. The Bertz CT molecular complexity index is 1060. The zero-order valence-electron chi connectivity index (χ0n) is 19.1. The van der Waals surface area contributed by atoms with Crippen molar-refractivity contribution < 1.29 is 50.9 Å². The van der Waals surface area contributed by atoms with Crippen molar-refractivity contribution in [2.45, 2.75) is 19.3 Å². The molecule has 2 atom stereocenters. The highest BCUT2D eigenvalue weighted by Crippen LogP contribution is 2.33. The number of nitrogens with zero attached hydrogens (tertiary/aromatic N) is 5. The van der Waals surface area contributed by atoms with Gasteiger partial charge in [-0.3, -0.25) is 4.79 Å². The van der Waals surface area contributed by atoms with Crippen LogP contribution in [0.4, 0.5) is 32.3 Å². The maximum absolute atomic E-state index is 12.6. The molecule has 4 heterocycles. The van der Waals surface area contributed by atoms with Crippen molar-refractivity contribution in [2.24, 2.45) is 11.8 Å². The SMILES string of the molecule is Cc1cccc(C(=O)N2CC3CN(c4ncccn4)CC3C2)n1.O=C(O)C(F)(F)F.O=C(O)C(F)(F)F. The van der Waals surface area contributed by atoms with E-state index in [0.29, 0.717) is 17.5 Å². The molecular formula is C21H21F6N5O5. The Kier molecular flexibility index (Phi) is 9.36. The van der Waals surface area contributed by atoms with Gasteiger partial charge in [0, 0.05) is 56.1 Å². The number of hydrogen-bond acceptors (Lipinski definition) is 7. The fraction of sp³-hybridized carbons (Fsp3) is 0.429. The maximum atomic E-state index is 12.6. The highest BCUT2D eigenvalue weighted by Gasteiger charge is 2.42. The number of carbonyl (C=O) groups is 3. The molecule has 202 valence electrons. The molecule has 0 bridgehead atoms. The lowest BCUT2D eigenvalue weighted by Gasteiger charge is -2.21. The molecule has 2 aromatic heterocycles. The number of likely N-dealkylation sites (tertiary alicyclic amines) is 1. The number of hydrogen-bond donors (Lipinski definition) is 2. The van der Waals surface area contributed by atoms with Crippen LogP contribution >= 0.6 is 0 Å². The first-order valence-electron chi connectivity index (χ1n) is 10.4. The molecule has 37 heavy (non-hydrogen) atoms. The van der Waals surface area contributed by atoms with Gasteiger partial charge in [-0.25, -0.2) is 24.5 Å². The molecule has 16 heteroatoms. The van der Waals surface area contributed by atoms with Crippen LogP contribution in [0.2, 0.25) is 0 Å². The van der Waals surface area contributed by atoms with Crippen LogP contribution < -0.4 is 4.90 Å². The number of pyridine rings is 1. The number of aryl methyl sites for hydroxylation is 1. The van der Waals surface area contributed by atoms with E-state index < -0.39 is 24.3 Å². The molecule has 2 N–H and O–H groups in total. The lowest BCUT2D eigenvalue weighted by atomic mass is 10.0. The van der Waals surface area contributed by atoms with Gasteiger partial charge < -0.3 is 20.0 Å². The van der Waals surface area contributed by atoms with Crippen LogP contribution in [-0.4, -0.2) is 86.4 Å². The van der Waals surface area contributed by atoms with E-state index in [1.165, 1.54) is 0 Å². The highest BCUT2D eigenvalue weighted by molar-refractivity contribution is 5.92. The standard InChI is InChI=1S/C17H19N5O.2C2HF3O2/c1-12-4-2-5-15(20-12)16(23)21-8-13-10-22(11-14(13)9-21)17-18-6-3-7-19-17;2*3-2(4,5)1(6)7/h2-7,13-14H,8-11H2,1H3;2*(H,6,7). The van der Waals surface area contributed by atoms with Crippen molar-refractivity contribution in [3.8, 4) is 0 Å². The minimum Gasteiger partial charge on any atom is -0.475 e. The van der Waals surface area contributed by atoms with Gasteiger partial charge in [0.1, 0.15) is 5.69 Å². The number of aliphatic carboxylic acids is 2. The number of aromatic nitrogens is 3. The summed E-state index contributed by atoms with van der Waals surface area (Å²) in [6.07, 6.45) is -6.62. The zero-order valence-corrected chi connectivity index (χ0v) is 19.1. The average Bonchev–Trinajstić information content (AvgIpc) is 3.38. The molecular weight excluding hydrogens is 516 g/mol. The number of carboxylic acid groups (broad SMARTS) is 2. The normalized spacial score (nSPS) is 18.7. The third-order valence-corrected chi connectivity index (χ3v) is 5.20. The summed E-state index contributed by atoms with van der Waals surface area (Å²) in [5, 5.41) is 14.2. The van der Waals surface area contributed by atoms with E-state index in [9.17, 15) is 31.1 Å². The second kappa shape index (κ2) is 11.8. The van der Waals surface area contributed by atoms with E-state index in [-0.39, 0.29) is 5.91 Å². The van der Waals surface area contributed by atoms with Gasteiger partial charge in [-0.05, 0) is 25.1 Å². The zero-order chi connectivity index (χ0) is 28.0. The van der Waals surface area contributed by atoms with Crippen LogP contribution in [0.5, 0.6) is 0 Å². The third kappa shape index (κ3) is 8.57. The Labute approximate surface area is 205 Å². The van der Waals surface area contributed by atoms with Gasteiger partial charge in [0.05, 0.1) is 0 Å². The number of amides is 1. The molecule has 1 amide bonds. The van der Waals surface area contributed by atoms with E-state index >= 15 is 0 Å². The minimum absolute atomic E-state index is 0.0469. The monoisotopic (exact) mass is 537 g/mol. The summed E-state index contributed by atoms with van der Waals surface area (Å²) in [6, 6.07) is 7.43. The maximum Gasteiger partial charge on any atom is 0.490 e. The molecule has 2 fully saturated rings. The van der Waals surface area contributed by atoms with Crippen LogP contribution in [0.1, 0.15) is 16.2 Å². The second-order valence-electron chi connectivity index (χ2n) is 7.95. The lowest BCUT2D eigenvalue weighted by molar-refractivity contribution is -0.193. The smallest absolute Gasteiger partial charge is 0.475 e. The summed E-state index contributed by atoms with van der Waals surface area (Å²) in [7, 11) is 0. The van der Waals surface area contributed by atoms with Crippen LogP contribution in [-0.2, 0) is 9.59 Å². The average molecular weight is 537 g/mol. The predicted molar refractivity (Wildman–Crippen MR) is 113 cm³/mol. The molecule has 4 rings (SSSR count). The van der Waals surface area contributed by atoms with E-state index in [0.717, 1.165) is 37.8 Å². The number of halogens is 6. The molecule has 2 aromatic rings. The Morgan fingerprint density at radius 3 is 1.70 bits per heavy atom. The fourth-order valence-corrected chi connectivity index (χ4v) is 3.60. The van der Waals surface area contributed by atoms with Crippen molar-refractivity contribution in [3.05, 3.63) is 48.0 Å². The van der Waals surface area contributed by atoms with E-state index in [1.54, 1.807) is 18.5 Å². The molecule has 2 saturated heterocycles. The van der Waals surface area contributed by atoms with Crippen molar-refractivity contribution in [3.63, 3.8) is 0 Å². The second-order valence-corrected chi connectivity index (χ2v) is 7.95. The molecule has 10 nitrogen and oxygen atoms in total. The molecule has 0 aliphatic carbocycles. The summed E-state index contributed by atoms with van der Waals surface area (Å²) < 4.78 is 63.5. The number of anilines is 1. The molecule has 2 aliphatic heterocycles. The van der Waals surface area contributed by atoms with E-state index in [4.69, 9.17) is 19.8 Å². The molecule has 2 unspecified atom stereocenters. The molecule has 2 aliphatic rings. The van der Waals surface area contributed by atoms with Gasteiger partial charge in [0.25, 0.3) is 5.91 Å². The summed E-state index contributed by atoms with van der Waals surface area (Å²) in [6.45, 7) is 5.33. The first-order chi connectivity index (χ1) is 17.1. The largest absolute Gasteiger partial charge is 0.490 e. The van der Waals surface area contributed by atoms with E-state index in [1.807, 2.05) is 30.0 Å². The van der Waals surface area contributed by atoms with E-state index in [2.05, 4.69) is 19.9 Å². The quantitative estimate of drug-likeness (QED) is 0.554. The predicted octanol–water partition coefficient (Wildman–Crippen LogP) is 2.66. The van der Waals surface area contributed by atoms with Crippen LogP contribution in [0, 0.1) is 18.8 Å². The first-order valence-corrected chi connectivity index (χ1v) is 10.4. The number of carboxylic acids is 2. The van der Waals surface area contributed by atoms with Gasteiger partial charge in [-0.2, -0.15) is 26.3 Å². The Morgan fingerprint density at radius 1 is 0.838 bits per heavy atom. The van der Waals surface area contributed by atoms with Gasteiger partial charge in [-0.15, -0.1) is 0 Å². The number of fused-ring (bicyclic) bond motifs is 1. The molecule has 0 saturated carbocycles. The van der Waals surface area contributed by atoms with Crippen LogP contribution in [0.25, 0.3) is 0 Å².